The van der Waals surface area contributed by atoms with Gasteiger partial charge >= 0.3 is 0 Å². The van der Waals surface area contributed by atoms with Gasteiger partial charge in [-0.2, -0.15) is 4.98 Å². The molecule has 10 heteroatoms. The molecule has 1 amide bonds. The summed E-state index contributed by atoms with van der Waals surface area (Å²) in [6.45, 7) is 1.75. The van der Waals surface area contributed by atoms with E-state index in [0.29, 0.717) is 49.5 Å². The Morgan fingerprint density at radius 2 is 2.13 bits per heavy atom. The first-order valence-electron chi connectivity index (χ1n) is 9.80. The molecule has 0 bridgehead atoms. The average molecular weight is 413 g/mol. The second-order valence-electron chi connectivity index (χ2n) is 7.29. The van der Waals surface area contributed by atoms with E-state index in [2.05, 4.69) is 25.5 Å². The number of likely N-dealkylation sites (N-methyl/N-ethyl adjacent to an activating group) is 2. The van der Waals surface area contributed by atoms with Gasteiger partial charge in [0.15, 0.2) is 5.82 Å². The number of nitrogens with one attached hydrogen (secondary N) is 3. The lowest BCUT2D eigenvalue weighted by atomic mass is 10.1. The third-order valence-electron chi connectivity index (χ3n) is 5.16. The van der Waals surface area contributed by atoms with E-state index in [1.807, 2.05) is 31.1 Å². The molecule has 1 aromatic heterocycles. The molecule has 5 N–H and O–H groups in total. The minimum absolute atomic E-state index is 0.0369. The van der Waals surface area contributed by atoms with Crippen LogP contribution in [0, 0.1) is 0 Å². The maximum Gasteiger partial charge on any atom is 0.278 e. The molecule has 1 atom stereocenters. The number of nitrogen functional groups attached to an aromatic ring is 1. The highest BCUT2D eigenvalue weighted by atomic mass is 16.1. The zero-order chi connectivity index (χ0) is 21.7. The highest BCUT2D eigenvalue weighted by Crippen LogP contribution is 2.26. The van der Waals surface area contributed by atoms with Crippen molar-refractivity contribution in [2.24, 2.45) is 0 Å². The van der Waals surface area contributed by atoms with E-state index in [9.17, 15) is 14.4 Å². The number of nitrogens with zero attached hydrogens (tertiary/aromatic N) is 3. The number of aromatic amines is 1. The zero-order valence-corrected chi connectivity index (χ0v) is 17.1. The first-order chi connectivity index (χ1) is 14.4. The number of carbonyl (C=O) groups excluding carboxylic acids is 2. The minimum Gasteiger partial charge on any atom is -0.372 e. The van der Waals surface area contributed by atoms with Crippen LogP contribution in [0.5, 0.6) is 0 Å². The highest BCUT2D eigenvalue weighted by Gasteiger charge is 2.28. The molecule has 30 heavy (non-hydrogen) atoms. The van der Waals surface area contributed by atoms with Gasteiger partial charge in [-0.1, -0.05) is 0 Å². The topological polar surface area (TPSA) is 136 Å². The van der Waals surface area contributed by atoms with Gasteiger partial charge in [0.05, 0.1) is 6.04 Å². The van der Waals surface area contributed by atoms with Crippen LogP contribution in [-0.2, 0) is 4.79 Å². The molecule has 0 aliphatic carbocycles. The first-order valence-corrected chi connectivity index (χ1v) is 9.80. The van der Waals surface area contributed by atoms with Crippen LogP contribution in [0.4, 0.5) is 23.1 Å². The molecule has 1 aromatic carbocycles. The number of nitrogens with two attached hydrogens (primary N) is 1. The smallest absolute Gasteiger partial charge is 0.278 e. The number of hydrogen-bond acceptors (Lipinski definition) is 8. The Kier molecular flexibility index (Phi) is 6.55. The summed E-state index contributed by atoms with van der Waals surface area (Å²) in [4.78, 5) is 45.4. The number of fused-ring (bicyclic) bond motifs is 1. The van der Waals surface area contributed by atoms with Crippen molar-refractivity contribution >= 4 is 35.3 Å². The minimum atomic E-state index is -0.275. The lowest BCUT2D eigenvalue weighted by Crippen LogP contribution is -2.50. The Morgan fingerprint density at radius 1 is 1.40 bits per heavy atom. The number of amides is 1. The summed E-state index contributed by atoms with van der Waals surface area (Å²) in [5.74, 6) is 0.415. The molecule has 0 saturated heterocycles. The molecule has 1 aliphatic rings. The molecule has 1 aliphatic heterocycles. The van der Waals surface area contributed by atoms with Crippen molar-refractivity contribution in [2.45, 2.75) is 18.9 Å². The summed E-state index contributed by atoms with van der Waals surface area (Å²) in [6.07, 6.45) is 1.91. The maximum atomic E-state index is 12.3. The van der Waals surface area contributed by atoms with Crippen molar-refractivity contribution in [1.82, 2.24) is 15.3 Å². The van der Waals surface area contributed by atoms with E-state index >= 15 is 0 Å². The first kappa shape index (κ1) is 21.2. The normalized spacial score (nSPS) is 15.1. The van der Waals surface area contributed by atoms with Crippen LogP contribution in [-0.4, -0.2) is 61.9 Å². The van der Waals surface area contributed by atoms with Crippen molar-refractivity contribution in [3.63, 3.8) is 0 Å². The fraction of sp³-hybridized carbons (Fsp3) is 0.400. The van der Waals surface area contributed by atoms with Gasteiger partial charge in [0.1, 0.15) is 12.0 Å². The number of unbranched alkanes of at least 4 members (excludes halogenated alkanes) is 1. The van der Waals surface area contributed by atoms with Crippen molar-refractivity contribution in [3.8, 4) is 0 Å². The Morgan fingerprint density at radius 3 is 2.83 bits per heavy atom. The second kappa shape index (κ2) is 9.29. The number of aromatic nitrogens is 2. The zero-order valence-electron chi connectivity index (χ0n) is 17.1. The van der Waals surface area contributed by atoms with Gasteiger partial charge in [-0.05, 0) is 30.7 Å². The maximum absolute atomic E-state index is 12.3. The summed E-state index contributed by atoms with van der Waals surface area (Å²) in [5.41, 5.74) is 7.33. The molecule has 1 unspecified atom stereocenters. The molecule has 0 saturated carbocycles. The third-order valence-corrected chi connectivity index (χ3v) is 5.16. The summed E-state index contributed by atoms with van der Waals surface area (Å²) in [6, 6.07) is 7.36. The van der Waals surface area contributed by atoms with Gasteiger partial charge in [0, 0.05) is 51.4 Å². The van der Waals surface area contributed by atoms with Gasteiger partial charge in [-0.25, -0.2) is 0 Å². The fourth-order valence-corrected chi connectivity index (χ4v) is 3.43. The monoisotopic (exact) mass is 413 g/mol. The lowest BCUT2D eigenvalue weighted by Gasteiger charge is -2.37. The second-order valence-corrected chi connectivity index (χ2v) is 7.29. The molecule has 0 fully saturated rings. The van der Waals surface area contributed by atoms with Gasteiger partial charge in [0.2, 0.25) is 5.95 Å². The molecule has 160 valence electrons. The Labute approximate surface area is 174 Å². The van der Waals surface area contributed by atoms with Crippen molar-refractivity contribution < 1.29 is 9.59 Å². The highest BCUT2D eigenvalue weighted by molar-refractivity contribution is 5.94. The molecule has 3 rings (SSSR count). The molecule has 2 aromatic rings. The summed E-state index contributed by atoms with van der Waals surface area (Å²) < 4.78 is 0. The Bertz CT molecular complexity index is 958. The molecule has 0 spiro atoms. The van der Waals surface area contributed by atoms with Crippen molar-refractivity contribution in [1.29, 1.82) is 0 Å². The number of hydrogen-bond donors (Lipinski definition) is 4. The fourth-order valence-electron chi connectivity index (χ4n) is 3.43. The van der Waals surface area contributed by atoms with E-state index in [4.69, 9.17) is 5.73 Å². The van der Waals surface area contributed by atoms with Crippen LogP contribution >= 0.6 is 0 Å². The van der Waals surface area contributed by atoms with E-state index in [-0.39, 0.29) is 23.5 Å². The number of anilines is 4. The number of aldehydes is 1. The average Bonchev–Trinajstić information content (AvgIpc) is 2.72. The summed E-state index contributed by atoms with van der Waals surface area (Å²) in [7, 11) is 3.83. The van der Waals surface area contributed by atoms with Crippen LogP contribution in [0.2, 0.25) is 0 Å². The lowest BCUT2D eigenvalue weighted by molar-refractivity contribution is -0.107. The standard InChI is InChI=1S/C20H27N7O3/c1-26(14-7-5-13(6-8-14)18(29)22-9-3-4-10-28)12-15-11-23-17-16(27(15)2)19(30)25-20(21)24-17/h5-8,10,15H,3-4,9,11-12H2,1-2H3,(H,22,29)(H4,21,23,24,25,30). The predicted octanol–water partition coefficient (Wildman–Crippen LogP) is 0.428. The van der Waals surface area contributed by atoms with Crippen LogP contribution in [0.25, 0.3) is 0 Å². The quantitative estimate of drug-likeness (QED) is 0.361. The van der Waals surface area contributed by atoms with Gasteiger partial charge in [-0.15, -0.1) is 0 Å². The van der Waals surface area contributed by atoms with Gasteiger partial charge in [-0.3, -0.25) is 14.6 Å². The SMILES string of the molecule is CN(CC1CNc2nc(N)[nH]c(=O)c2N1C)c1ccc(C(=O)NCCCC=O)cc1. The molecule has 10 nitrogen and oxygen atoms in total. The largest absolute Gasteiger partial charge is 0.372 e. The van der Waals surface area contributed by atoms with E-state index in [1.54, 1.807) is 12.1 Å². The third kappa shape index (κ3) is 4.70. The number of H-pyrrole nitrogens is 1. The van der Waals surface area contributed by atoms with Gasteiger partial charge in [0.25, 0.3) is 11.5 Å². The van der Waals surface area contributed by atoms with Crippen molar-refractivity contribution in [2.75, 3.05) is 54.6 Å². The predicted molar refractivity (Wildman–Crippen MR) is 117 cm³/mol. The van der Waals surface area contributed by atoms with Crippen LogP contribution in [0.3, 0.4) is 0 Å². The van der Waals surface area contributed by atoms with Crippen molar-refractivity contribution in [3.05, 3.63) is 40.2 Å². The van der Waals surface area contributed by atoms with E-state index < -0.39 is 0 Å². The van der Waals surface area contributed by atoms with Crippen LogP contribution in [0.1, 0.15) is 23.2 Å². The number of rotatable bonds is 8. The molecular formula is C20H27N7O3. The summed E-state index contributed by atoms with van der Waals surface area (Å²) in [5, 5.41) is 5.98. The molecular weight excluding hydrogens is 386 g/mol. The molecule has 2 heterocycles. The summed E-state index contributed by atoms with van der Waals surface area (Å²) >= 11 is 0. The molecule has 0 radical (unpaired) electrons. The van der Waals surface area contributed by atoms with E-state index in [0.717, 1.165) is 12.0 Å². The van der Waals surface area contributed by atoms with E-state index in [1.165, 1.54) is 0 Å². The van der Waals surface area contributed by atoms with Gasteiger partial charge < -0.3 is 31.0 Å². The van der Waals surface area contributed by atoms with Crippen LogP contribution < -0.4 is 31.7 Å². The number of carbonyl (C=O) groups is 2. The Balaban J connectivity index is 1.62. The van der Waals surface area contributed by atoms with Crippen LogP contribution in [0.15, 0.2) is 29.1 Å². The Hall–Kier alpha value is -3.56. The number of benzene rings is 1.